The van der Waals surface area contributed by atoms with E-state index in [-0.39, 0.29) is 31.7 Å². The molecule has 0 nitrogen and oxygen atoms in total. The normalized spacial score (nSPS) is 36.1. The summed E-state index contributed by atoms with van der Waals surface area (Å²) in [7, 11) is -0.232. The van der Waals surface area contributed by atoms with Gasteiger partial charge in [0.2, 0.25) is 0 Å². The highest BCUT2D eigenvalue weighted by molar-refractivity contribution is 7.74. The predicted octanol–water partition coefficient (Wildman–Crippen LogP) is 10.8. The molecule has 0 N–H and O–H groups in total. The van der Waals surface area contributed by atoms with Crippen molar-refractivity contribution in [3.05, 3.63) is 48.0 Å². The van der Waals surface area contributed by atoms with Crippen LogP contribution in [0.3, 0.4) is 0 Å². The van der Waals surface area contributed by atoms with Crippen molar-refractivity contribution in [2.24, 2.45) is 0 Å². The molecule has 4 heteroatoms. The second kappa shape index (κ2) is 14.5. The summed E-state index contributed by atoms with van der Waals surface area (Å²) in [4.78, 5) is 0. The third-order valence-corrected chi connectivity index (χ3v) is 26.2. The van der Waals surface area contributed by atoms with Gasteiger partial charge in [-0.3, -0.25) is 0 Å². The largest absolute Gasteiger partial charge is 0.0688 e. The highest BCUT2D eigenvalue weighted by atomic mass is 31.1. The minimum atomic E-state index is -0.120. The summed E-state index contributed by atoms with van der Waals surface area (Å²) in [6.45, 7) is 17.9. The van der Waals surface area contributed by atoms with E-state index in [0.717, 1.165) is 45.3 Å². The molecule has 43 heavy (non-hydrogen) atoms. The Morgan fingerprint density at radius 3 is 1.56 bits per heavy atom. The summed E-state index contributed by atoms with van der Waals surface area (Å²) in [6.07, 6.45) is 17.1. The molecular formula is C39H60P4. The molecule has 4 fully saturated rings. The fourth-order valence-corrected chi connectivity index (χ4v) is 24.8. The topological polar surface area (TPSA) is 0 Å². The van der Waals surface area contributed by atoms with Crippen LogP contribution < -0.4 is 21.2 Å². The fourth-order valence-electron chi connectivity index (χ4n) is 9.72. The maximum atomic E-state index is 2.83. The van der Waals surface area contributed by atoms with E-state index in [1.807, 2.05) is 21.2 Å². The van der Waals surface area contributed by atoms with Crippen molar-refractivity contribution in [1.29, 1.82) is 0 Å². The van der Waals surface area contributed by atoms with Crippen LogP contribution in [0.15, 0.2) is 42.5 Å². The van der Waals surface area contributed by atoms with Crippen LogP contribution in [-0.4, -0.2) is 45.3 Å². The number of benzene rings is 2. The molecule has 0 aliphatic carbocycles. The molecule has 1 unspecified atom stereocenters. The Morgan fingerprint density at radius 2 is 0.953 bits per heavy atom. The first-order valence-electron chi connectivity index (χ1n) is 18.2. The van der Waals surface area contributed by atoms with E-state index in [9.17, 15) is 0 Å². The van der Waals surface area contributed by atoms with Gasteiger partial charge in [-0.05, 0) is 143 Å². The van der Waals surface area contributed by atoms with Gasteiger partial charge in [0.15, 0.2) is 0 Å². The summed E-state index contributed by atoms with van der Waals surface area (Å²) >= 11 is 0. The number of hydrogen-bond donors (Lipinski definition) is 0. The van der Waals surface area contributed by atoms with E-state index in [0.29, 0.717) is 0 Å². The van der Waals surface area contributed by atoms with Crippen LogP contribution in [-0.2, 0) is 6.42 Å². The summed E-state index contributed by atoms with van der Waals surface area (Å²) in [6, 6.07) is 18.2. The van der Waals surface area contributed by atoms with Crippen molar-refractivity contribution in [2.75, 3.05) is 0 Å². The first-order valence-corrected chi connectivity index (χ1v) is 24.1. The predicted molar refractivity (Wildman–Crippen MR) is 204 cm³/mol. The third-order valence-electron chi connectivity index (χ3n) is 12.0. The van der Waals surface area contributed by atoms with Crippen molar-refractivity contribution < 1.29 is 0 Å². The Balaban J connectivity index is 1.34. The molecule has 4 heterocycles. The average Bonchev–Trinajstić information content (AvgIpc) is 3.69. The van der Waals surface area contributed by atoms with Crippen LogP contribution in [0, 0.1) is 0 Å². The summed E-state index contributed by atoms with van der Waals surface area (Å²) in [5.74, 6) is 0. The Kier molecular flexibility index (Phi) is 11.2. The highest BCUT2D eigenvalue weighted by Gasteiger charge is 2.41. The minimum Gasteiger partial charge on any atom is -0.0688 e. The first kappa shape index (κ1) is 33.1. The van der Waals surface area contributed by atoms with E-state index in [1.165, 1.54) is 77.0 Å². The van der Waals surface area contributed by atoms with Gasteiger partial charge in [-0.15, -0.1) is 0 Å². The molecule has 0 aromatic heterocycles. The lowest BCUT2D eigenvalue weighted by Gasteiger charge is -2.38. The van der Waals surface area contributed by atoms with Crippen LogP contribution >= 0.6 is 31.7 Å². The molecule has 0 saturated carbocycles. The second-order valence-electron chi connectivity index (χ2n) is 14.8. The smallest absolute Gasteiger partial charge is 0.0126 e. The average molecular weight is 653 g/mol. The Morgan fingerprint density at radius 1 is 0.488 bits per heavy atom. The van der Waals surface area contributed by atoms with Crippen LogP contribution in [0.25, 0.3) is 0 Å². The van der Waals surface area contributed by atoms with Gasteiger partial charge in [0, 0.05) is 0 Å². The van der Waals surface area contributed by atoms with Crippen LogP contribution in [0.2, 0.25) is 0 Å². The molecule has 4 aliphatic rings. The highest BCUT2D eigenvalue weighted by Crippen LogP contribution is 2.62. The fraction of sp³-hybridized carbons (Fsp3) is 0.692. The van der Waals surface area contributed by atoms with E-state index in [4.69, 9.17) is 0 Å². The Bertz CT molecular complexity index is 1190. The lowest BCUT2D eigenvalue weighted by Crippen LogP contribution is -2.33. The van der Waals surface area contributed by atoms with Gasteiger partial charge in [-0.1, -0.05) is 129 Å². The minimum absolute atomic E-state index is 0.0227. The van der Waals surface area contributed by atoms with Gasteiger partial charge in [0.25, 0.3) is 0 Å². The van der Waals surface area contributed by atoms with Crippen molar-refractivity contribution in [3.63, 3.8) is 0 Å². The molecule has 236 valence electrons. The zero-order valence-electron chi connectivity index (χ0n) is 28.4. The second-order valence-corrected chi connectivity index (χ2v) is 26.6. The standard InChI is InChI=1S/C39H60P4/c1-8-33-22-23-34(9-2)43(33)37-16-11-10-15-36(37)42-31(7)19-21-35(42)25-32-20-24-38(40-27(3)13-12-14-28(40)4)39(26-32)41-29(5)17-18-30(41)6/h10-11,15-16,20,24,26-31,33-35H,8-9,12-14,17-19,21-23,25H2,1-7H3/t27-,28-,29+,30+,31+,33+,34+,35-,42?/m0/s1. The molecule has 6 rings (SSSR count). The molecule has 2 aromatic rings. The summed E-state index contributed by atoms with van der Waals surface area (Å²) in [5, 5.41) is 7.40. The third kappa shape index (κ3) is 6.64. The molecule has 0 amide bonds. The van der Waals surface area contributed by atoms with E-state index in [1.54, 1.807) is 5.56 Å². The zero-order valence-corrected chi connectivity index (χ0v) is 32.0. The van der Waals surface area contributed by atoms with Crippen molar-refractivity contribution >= 4 is 52.9 Å². The van der Waals surface area contributed by atoms with Gasteiger partial charge in [-0.2, -0.15) is 0 Å². The van der Waals surface area contributed by atoms with E-state index >= 15 is 0 Å². The summed E-state index contributed by atoms with van der Waals surface area (Å²) in [5.41, 5.74) is 8.88. The summed E-state index contributed by atoms with van der Waals surface area (Å²) < 4.78 is 0. The monoisotopic (exact) mass is 652 g/mol. The maximum absolute atomic E-state index is 2.83. The van der Waals surface area contributed by atoms with Gasteiger partial charge in [0.1, 0.15) is 0 Å². The number of rotatable bonds is 8. The molecule has 0 radical (unpaired) electrons. The Hall–Kier alpha value is 0.160. The van der Waals surface area contributed by atoms with Gasteiger partial charge in [-0.25, -0.2) is 0 Å². The van der Waals surface area contributed by atoms with E-state index in [2.05, 4.69) is 90.9 Å². The molecule has 9 atom stereocenters. The molecular weight excluding hydrogens is 592 g/mol. The van der Waals surface area contributed by atoms with Gasteiger partial charge >= 0.3 is 0 Å². The molecule has 0 spiro atoms. The lowest BCUT2D eigenvalue weighted by atomic mass is 10.1. The first-order chi connectivity index (χ1) is 20.8. The van der Waals surface area contributed by atoms with E-state index < -0.39 is 0 Å². The van der Waals surface area contributed by atoms with Crippen LogP contribution in [0.1, 0.15) is 125 Å². The maximum Gasteiger partial charge on any atom is -0.0126 e. The number of hydrogen-bond acceptors (Lipinski definition) is 0. The quantitative estimate of drug-likeness (QED) is 0.249. The molecule has 4 saturated heterocycles. The molecule has 4 aliphatic heterocycles. The lowest BCUT2D eigenvalue weighted by molar-refractivity contribution is 0.628. The van der Waals surface area contributed by atoms with Crippen molar-refractivity contribution in [1.82, 2.24) is 0 Å². The van der Waals surface area contributed by atoms with Crippen LogP contribution in [0.4, 0.5) is 0 Å². The van der Waals surface area contributed by atoms with Crippen molar-refractivity contribution in [3.8, 4) is 0 Å². The SMILES string of the molecule is CC[C@@H]1CC[C@@H](CC)P1c1ccccc1P1[C@H](Cc2ccc(P3[C@@H](C)CCC[C@@H]3C)c(P3[C@H](C)CC[C@H]3C)c2)CC[C@H]1C. The molecule has 0 bridgehead atoms. The van der Waals surface area contributed by atoms with Gasteiger partial charge in [0.05, 0.1) is 0 Å². The Labute approximate surface area is 270 Å². The van der Waals surface area contributed by atoms with Crippen molar-refractivity contribution in [2.45, 2.75) is 171 Å². The van der Waals surface area contributed by atoms with Crippen LogP contribution in [0.5, 0.6) is 0 Å². The zero-order chi connectivity index (χ0) is 30.2. The molecule has 2 aromatic carbocycles. The van der Waals surface area contributed by atoms with Gasteiger partial charge < -0.3 is 0 Å².